The Morgan fingerprint density at radius 1 is 1.47 bits per heavy atom. The molecule has 19 heavy (non-hydrogen) atoms. The van der Waals surface area contributed by atoms with Crippen molar-refractivity contribution in [1.29, 1.82) is 0 Å². The van der Waals surface area contributed by atoms with Crippen molar-refractivity contribution < 1.29 is 22.7 Å². The molecule has 0 fully saturated rings. The van der Waals surface area contributed by atoms with Crippen LogP contribution in [0.5, 0.6) is 0 Å². The SMILES string of the molecule is CC(C)N(CC(=O)O)S(=O)(=O)c1cc(Cl)ccc1F. The van der Waals surface area contributed by atoms with E-state index in [0.29, 0.717) is 4.31 Å². The molecule has 0 amide bonds. The second kappa shape index (κ2) is 5.85. The summed E-state index contributed by atoms with van der Waals surface area (Å²) in [4.78, 5) is 10.1. The van der Waals surface area contributed by atoms with E-state index in [1.165, 1.54) is 19.9 Å². The van der Waals surface area contributed by atoms with Gasteiger partial charge in [-0.3, -0.25) is 4.79 Å². The maximum Gasteiger partial charge on any atom is 0.318 e. The Hall–Kier alpha value is -1.18. The molecule has 0 aromatic heterocycles. The molecule has 0 saturated heterocycles. The lowest BCUT2D eigenvalue weighted by atomic mass is 10.3. The molecule has 1 N–H and O–H groups in total. The number of hydrogen-bond acceptors (Lipinski definition) is 3. The van der Waals surface area contributed by atoms with Gasteiger partial charge in [-0.1, -0.05) is 11.6 Å². The first-order valence-electron chi connectivity index (χ1n) is 5.35. The van der Waals surface area contributed by atoms with E-state index in [2.05, 4.69) is 0 Å². The molecule has 1 aromatic carbocycles. The minimum absolute atomic E-state index is 0.0546. The molecule has 0 atom stereocenters. The lowest BCUT2D eigenvalue weighted by molar-refractivity contribution is -0.137. The van der Waals surface area contributed by atoms with Crippen molar-refractivity contribution in [2.24, 2.45) is 0 Å². The van der Waals surface area contributed by atoms with Gasteiger partial charge in [0.05, 0.1) is 0 Å². The molecule has 0 aliphatic rings. The van der Waals surface area contributed by atoms with Crippen molar-refractivity contribution >= 4 is 27.6 Å². The van der Waals surface area contributed by atoms with Crippen LogP contribution >= 0.6 is 11.6 Å². The summed E-state index contributed by atoms with van der Waals surface area (Å²) in [6, 6.07) is 2.48. The van der Waals surface area contributed by atoms with E-state index < -0.39 is 39.3 Å². The highest BCUT2D eigenvalue weighted by atomic mass is 35.5. The summed E-state index contributed by atoms with van der Waals surface area (Å²) in [5.74, 6) is -2.29. The number of carboxylic acid groups (broad SMARTS) is 1. The standard InChI is InChI=1S/C11H13ClFNO4S/c1-7(2)14(6-11(15)16)19(17,18)10-5-8(12)3-4-9(10)13/h3-5,7H,6H2,1-2H3,(H,15,16). The molecule has 0 heterocycles. The van der Waals surface area contributed by atoms with Crippen LogP contribution in [0.25, 0.3) is 0 Å². The second-order valence-corrected chi connectivity index (χ2v) is 6.41. The summed E-state index contributed by atoms with van der Waals surface area (Å²) in [5.41, 5.74) is 0. The number of rotatable bonds is 5. The van der Waals surface area contributed by atoms with Crippen molar-refractivity contribution in [1.82, 2.24) is 4.31 Å². The van der Waals surface area contributed by atoms with E-state index in [9.17, 15) is 17.6 Å². The molecule has 0 spiro atoms. The van der Waals surface area contributed by atoms with Gasteiger partial charge in [0.15, 0.2) is 0 Å². The van der Waals surface area contributed by atoms with Crippen molar-refractivity contribution in [3.8, 4) is 0 Å². The molecule has 5 nitrogen and oxygen atoms in total. The summed E-state index contributed by atoms with van der Waals surface area (Å²) >= 11 is 5.65. The number of halogens is 2. The van der Waals surface area contributed by atoms with Crippen LogP contribution in [0.3, 0.4) is 0 Å². The molecular formula is C11H13ClFNO4S. The van der Waals surface area contributed by atoms with Gasteiger partial charge in [0.2, 0.25) is 10.0 Å². The van der Waals surface area contributed by atoms with Crippen LogP contribution in [-0.4, -0.2) is 36.4 Å². The number of carboxylic acids is 1. The van der Waals surface area contributed by atoms with E-state index >= 15 is 0 Å². The molecule has 8 heteroatoms. The Labute approximate surface area is 115 Å². The van der Waals surface area contributed by atoms with E-state index in [0.717, 1.165) is 12.1 Å². The lowest BCUT2D eigenvalue weighted by Crippen LogP contribution is -2.40. The number of aliphatic carboxylic acids is 1. The summed E-state index contributed by atoms with van der Waals surface area (Å²) in [6.45, 7) is 2.26. The number of sulfonamides is 1. The van der Waals surface area contributed by atoms with Crippen molar-refractivity contribution in [2.75, 3.05) is 6.54 Å². The molecular weight excluding hydrogens is 297 g/mol. The normalized spacial score (nSPS) is 12.1. The third-order valence-corrected chi connectivity index (χ3v) is 4.62. The largest absolute Gasteiger partial charge is 0.480 e. The molecule has 0 aliphatic heterocycles. The van der Waals surface area contributed by atoms with Gasteiger partial charge in [0.1, 0.15) is 17.3 Å². The number of nitrogens with zero attached hydrogens (tertiary/aromatic N) is 1. The van der Waals surface area contributed by atoms with Crippen LogP contribution in [0.15, 0.2) is 23.1 Å². The van der Waals surface area contributed by atoms with Crippen LogP contribution in [0.4, 0.5) is 4.39 Å². The zero-order chi connectivity index (χ0) is 14.8. The Balaban J connectivity index is 3.34. The Kier molecular flexibility index (Phi) is 4.89. The summed E-state index contributed by atoms with van der Waals surface area (Å²) in [6.07, 6.45) is 0. The Bertz CT molecular complexity index is 588. The van der Waals surface area contributed by atoms with Crippen LogP contribution in [0, 0.1) is 5.82 Å². The Morgan fingerprint density at radius 3 is 2.53 bits per heavy atom. The van der Waals surface area contributed by atoms with Crippen molar-refractivity contribution in [3.05, 3.63) is 29.0 Å². The zero-order valence-corrected chi connectivity index (χ0v) is 11.9. The van der Waals surface area contributed by atoms with Crippen LogP contribution < -0.4 is 0 Å². The van der Waals surface area contributed by atoms with Gasteiger partial charge in [-0.05, 0) is 32.0 Å². The predicted octanol–water partition coefficient (Wildman–Crippen LogP) is 1.96. The monoisotopic (exact) mass is 309 g/mol. The van der Waals surface area contributed by atoms with Gasteiger partial charge in [-0.2, -0.15) is 4.31 Å². The molecule has 106 valence electrons. The average Bonchev–Trinajstić information content (AvgIpc) is 2.28. The number of benzene rings is 1. The quantitative estimate of drug-likeness (QED) is 0.902. The highest BCUT2D eigenvalue weighted by Crippen LogP contribution is 2.24. The molecule has 0 saturated carbocycles. The van der Waals surface area contributed by atoms with E-state index in [1.807, 2.05) is 0 Å². The maximum absolute atomic E-state index is 13.6. The molecule has 0 bridgehead atoms. The zero-order valence-electron chi connectivity index (χ0n) is 10.3. The van der Waals surface area contributed by atoms with Gasteiger partial charge >= 0.3 is 5.97 Å². The molecule has 0 unspecified atom stereocenters. The van der Waals surface area contributed by atoms with E-state index in [-0.39, 0.29) is 5.02 Å². The van der Waals surface area contributed by atoms with Gasteiger partial charge in [0.25, 0.3) is 0 Å². The van der Waals surface area contributed by atoms with E-state index in [1.54, 1.807) is 0 Å². The van der Waals surface area contributed by atoms with Crippen LogP contribution in [0.1, 0.15) is 13.8 Å². The minimum atomic E-state index is -4.26. The molecule has 0 aliphatic carbocycles. The summed E-state index contributed by atoms with van der Waals surface area (Å²) in [5, 5.41) is 8.80. The first kappa shape index (κ1) is 15.9. The maximum atomic E-state index is 13.6. The van der Waals surface area contributed by atoms with Crippen molar-refractivity contribution in [2.45, 2.75) is 24.8 Å². The minimum Gasteiger partial charge on any atom is -0.480 e. The molecule has 0 radical (unpaired) electrons. The fourth-order valence-corrected chi connectivity index (χ4v) is 3.39. The van der Waals surface area contributed by atoms with Gasteiger partial charge in [-0.25, -0.2) is 12.8 Å². The molecule has 1 aromatic rings. The van der Waals surface area contributed by atoms with E-state index in [4.69, 9.17) is 16.7 Å². The highest BCUT2D eigenvalue weighted by Gasteiger charge is 2.31. The number of carbonyl (C=O) groups is 1. The topological polar surface area (TPSA) is 74.7 Å². The smallest absolute Gasteiger partial charge is 0.318 e. The second-order valence-electron chi connectivity index (χ2n) is 4.11. The first-order chi connectivity index (χ1) is 8.66. The lowest BCUT2D eigenvalue weighted by Gasteiger charge is -2.24. The fourth-order valence-electron chi connectivity index (χ4n) is 1.48. The summed E-state index contributed by atoms with van der Waals surface area (Å²) < 4.78 is 38.8. The van der Waals surface area contributed by atoms with Gasteiger partial charge in [0, 0.05) is 11.1 Å². The first-order valence-corrected chi connectivity index (χ1v) is 7.16. The highest BCUT2D eigenvalue weighted by molar-refractivity contribution is 7.89. The predicted molar refractivity (Wildman–Crippen MR) is 68.1 cm³/mol. The number of hydrogen-bond donors (Lipinski definition) is 1. The van der Waals surface area contributed by atoms with Crippen LogP contribution in [-0.2, 0) is 14.8 Å². The average molecular weight is 310 g/mol. The van der Waals surface area contributed by atoms with Gasteiger partial charge in [-0.15, -0.1) is 0 Å². The van der Waals surface area contributed by atoms with Crippen LogP contribution in [0.2, 0.25) is 5.02 Å². The van der Waals surface area contributed by atoms with Crippen molar-refractivity contribution in [3.63, 3.8) is 0 Å². The fraction of sp³-hybridized carbons (Fsp3) is 0.364. The molecule has 1 rings (SSSR count). The van der Waals surface area contributed by atoms with Gasteiger partial charge < -0.3 is 5.11 Å². The Morgan fingerprint density at radius 2 is 2.05 bits per heavy atom. The third kappa shape index (κ3) is 3.65. The summed E-state index contributed by atoms with van der Waals surface area (Å²) in [7, 11) is -4.26. The third-order valence-electron chi connectivity index (χ3n) is 2.35.